The molecule has 118 valence electrons. The Bertz CT molecular complexity index is 451. The van der Waals surface area contributed by atoms with Crippen LogP contribution in [0.2, 0.25) is 0 Å². The molecule has 5 nitrogen and oxygen atoms in total. The monoisotopic (exact) mass is 330 g/mol. The van der Waals surface area contributed by atoms with Gasteiger partial charge in [0.2, 0.25) is 0 Å². The Kier molecular flexibility index (Phi) is 7.60. The molecule has 7 heteroatoms. The van der Waals surface area contributed by atoms with E-state index < -0.39 is 12.0 Å². The van der Waals surface area contributed by atoms with Gasteiger partial charge < -0.3 is 15.3 Å². The molecule has 1 aromatic heterocycles. The number of thioether (sulfide) groups is 1. The van der Waals surface area contributed by atoms with Gasteiger partial charge >= 0.3 is 12.0 Å². The quantitative estimate of drug-likeness (QED) is 0.768. The summed E-state index contributed by atoms with van der Waals surface area (Å²) < 4.78 is 0. The highest BCUT2D eigenvalue weighted by Crippen LogP contribution is 2.13. The molecular formula is C14H22N2O3S2. The SMILES string of the molecule is CSCC[C@H](NC(=O)N(C)C(C)Cc1cccs1)C(=O)O. The standard InChI is InChI=1S/C14H22N2O3S2/c1-10(9-11-5-4-7-21-11)16(2)14(19)15-12(13(17)18)6-8-20-3/h4-5,7,10,12H,6,8-9H2,1-3H3,(H,15,19)(H,17,18)/t10?,12-/m0/s1. The van der Waals surface area contributed by atoms with E-state index in [0.29, 0.717) is 12.2 Å². The molecule has 0 aliphatic heterocycles. The Balaban J connectivity index is 2.53. The van der Waals surface area contributed by atoms with Crippen LogP contribution in [0.25, 0.3) is 0 Å². The average Bonchev–Trinajstić information content (AvgIpc) is 2.94. The lowest BCUT2D eigenvalue weighted by Gasteiger charge is -2.26. The molecule has 0 saturated carbocycles. The zero-order valence-electron chi connectivity index (χ0n) is 12.5. The fourth-order valence-electron chi connectivity index (χ4n) is 1.80. The zero-order chi connectivity index (χ0) is 15.8. The third-order valence-electron chi connectivity index (χ3n) is 3.26. The van der Waals surface area contributed by atoms with E-state index in [1.165, 1.54) is 4.88 Å². The van der Waals surface area contributed by atoms with Crippen LogP contribution in [0.15, 0.2) is 17.5 Å². The van der Waals surface area contributed by atoms with E-state index in [9.17, 15) is 9.59 Å². The van der Waals surface area contributed by atoms with Crippen molar-refractivity contribution in [2.24, 2.45) is 0 Å². The Morgan fingerprint density at radius 2 is 2.24 bits per heavy atom. The lowest BCUT2D eigenvalue weighted by atomic mass is 10.2. The van der Waals surface area contributed by atoms with Crippen LogP contribution < -0.4 is 5.32 Å². The highest BCUT2D eigenvalue weighted by Gasteiger charge is 2.23. The smallest absolute Gasteiger partial charge is 0.326 e. The number of carboxylic acids is 1. The van der Waals surface area contributed by atoms with Gasteiger partial charge in [0.1, 0.15) is 6.04 Å². The lowest BCUT2D eigenvalue weighted by molar-refractivity contribution is -0.139. The lowest BCUT2D eigenvalue weighted by Crippen LogP contribution is -2.49. The maximum absolute atomic E-state index is 12.1. The highest BCUT2D eigenvalue weighted by atomic mass is 32.2. The third-order valence-corrected chi connectivity index (χ3v) is 4.81. The molecule has 0 aliphatic carbocycles. The second kappa shape index (κ2) is 8.94. The number of urea groups is 1. The van der Waals surface area contributed by atoms with Gasteiger partial charge in [0, 0.05) is 24.4 Å². The summed E-state index contributed by atoms with van der Waals surface area (Å²) in [7, 11) is 1.70. The number of carbonyl (C=O) groups excluding carboxylic acids is 1. The van der Waals surface area contributed by atoms with Crippen molar-refractivity contribution in [3.8, 4) is 0 Å². The number of carboxylic acid groups (broad SMARTS) is 1. The Morgan fingerprint density at radius 1 is 1.52 bits per heavy atom. The number of carbonyl (C=O) groups is 2. The second-order valence-corrected chi connectivity index (χ2v) is 6.88. The molecule has 0 spiro atoms. The molecule has 0 aliphatic rings. The minimum Gasteiger partial charge on any atom is -0.480 e. The van der Waals surface area contributed by atoms with E-state index >= 15 is 0 Å². The molecule has 1 heterocycles. The fraction of sp³-hybridized carbons (Fsp3) is 0.571. The van der Waals surface area contributed by atoms with Crippen LogP contribution in [0.3, 0.4) is 0 Å². The van der Waals surface area contributed by atoms with Crippen LogP contribution in [0.4, 0.5) is 4.79 Å². The number of likely N-dealkylation sites (N-methyl/N-ethyl adjacent to an activating group) is 1. The second-order valence-electron chi connectivity index (χ2n) is 4.87. The largest absolute Gasteiger partial charge is 0.480 e. The van der Waals surface area contributed by atoms with Crippen molar-refractivity contribution in [1.29, 1.82) is 0 Å². The molecule has 0 saturated heterocycles. The molecule has 2 N–H and O–H groups in total. The van der Waals surface area contributed by atoms with Gasteiger partial charge in [0.15, 0.2) is 0 Å². The number of rotatable bonds is 8. The van der Waals surface area contributed by atoms with Crippen molar-refractivity contribution in [3.05, 3.63) is 22.4 Å². The Hall–Kier alpha value is -1.21. The number of amides is 2. The van der Waals surface area contributed by atoms with E-state index in [1.54, 1.807) is 35.0 Å². The van der Waals surface area contributed by atoms with Gasteiger partial charge in [-0.15, -0.1) is 11.3 Å². The van der Waals surface area contributed by atoms with Crippen molar-refractivity contribution < 1.29 is 14.7 Å². The van der Waals surface area contributed by atoms with Crippen LogP contribution in [0, 0.1) is 0 Å². The predicted molar refractivity (Wildman–Crippen MR) is 88.2 cm³/mol. The van der Waals surface area contributed by atoms with Gasteiger partial charge in [-0.2, -0.15) is 11.8 Å². The van der Waals surface area contributed by atoms with Gasteiger partial charge in [0.25, 0.3) is 0 Å². The maximum Gasteiger partial charge on any atom is 0.326 e. The van der Waals surface area contributed by atoms with Crippen LogP contribution in [0.5, 0.6) is 0 Å². The zero-order valence-corrected chi connectivity index (χ0v) is 14.2. The molecule has 0 bridgehead atoms. The van der Waals surface area contributed by atoms with E-state index in [2.05, 4.69) is 5.32 Å². The first-order chi connectivity index (χ1) is 9.95. The van der Waals surface area contributed by atoms with Crippen LogP contribution in [0.1, 0.15) is 18.2 Å². The van der Waals surface area contributed by atoms with Crippen LogP contribution in [-0.4, -0.2) is 53.1 Å². The van der Waals surface area contributed by atoms with E-state index in [-0.39, 0.29) is 12.1 Å². The molecule has 1 aromatic rings. The first kappa shape index (κ1) is 17.8. The van der Waals surface area contributed by atoms with Gasteiger partial charge in [-0.1, -0.05) is 6.07 Å². The molecule has 0 fully saturated rings. The molecular weight excluding hydrogens is 308 g/mol. The summed E-state index contributed by atoms with van der Waals surface area (Å²) in [4.78, 5) is 26.1. The number of aliphatic carboxylic acids is 1. The molecule has 0 aromatic carbocycles. The number of hydrogen-bond donors (Lipinski definition) is 2. The topological polar surface area (TPSA) is 69.6 Å². The van der Waals surface area contributed by atoms with E-state index in [4.69, 9.17) is 5.11 Å². The summed E-state index contributed by atoms with van der Waals surface area (Å²) in [6.07, 6.45) is 3.11. The fourth-order valence-corrected chi connectivity index (χ4v) is 3.10. The van der Waals surface area contributed by atoms with Crippen LogP contribution >= 0.6 is 23.1 Å². The summed E-state index contributed by atoms with van der Waals surface area (Å²) in [5.41, 5.74) is 0. The summed E-state index contributed by atoms with van der Waals surface area (Å²) in [6.45, 7) is 1.96. The normalized spacial score (nSPS) is 13.5. The molecule has 2 atom stereocenters. The minimum absolute atomic E-state index is 0.0126. The number of thiophene rings is 1. The highest BCUT2D eigenvalue weighted by molar-refractivity contribution is 7.98. The molecule has 2 amide bonds. The van der Waals surface area contributed by atoms with Crippen molar-refractivity contribution >= 4 is 35.1 Å². The predicted octanol–water partition coefficient (Wildman–Crippen LogP) is 2.53. The van der Waals surface area contributed by atoms with E-state index in [0.717, 1.165) is 6.42 Å². The number of hydrogen-bond acceptors (Lipinski definition) is 4. The first-order valence-electron chi connectivity index (χ1n) is 6.73. The van der Waals surface area contributed by atoms with Crippen molar-refractivity contribution in [1.82, 2.24) is 10.2 Å². The third kappa shape index (κ3) is 5.97. The Labute approximate surface area is 133 Å². The van der Waals surface area contributed by atoms with Gasteiger partial charge in [-0.25, -0.2) is 9.59 Å². The van der Waals surface area contributed by atoms with Crippen molar-refractivity contribution in [3.63, 3.8) is 0 Å². The number of nitrogens with one attached hydrogen (secondary N) is 1. The van der Waals surface area contributed by atoms with Gasteiger partial charge in [0.05, 0.1) is 0 Å². The van der Waals surface area contributed by atoms with Gasteiger partial charge in [-0.3, -0.25) is 0 Å². The summed E-state index contributed by atoms with van der Waals surface area (Å²) >= 11 is 3.22. The molecule has 21 heavy (non-hydrogen) atoms. The molecule has 1 rings (SSSR count). The van der Waals surface area contributed by atoms with Gasteiger partial charge in [-0.05, 0) is 36.8 Å². The summed E-state index contributed by atoms with van der Waals surface area (Å²) in [5, 5.41) is 13.7. The molecule has 1 unspecified atom stereocenters. The first-order valence-corrected chi connectivity index (χ1v) is 9.00. The average molecular weight is 330 g/mol. The van der Waals surface area contributed by atoms with E-state index in [1.807, 2.05) is 30.7 Å². The maximum atomic E-state index is 12.1. The van der Waals surface area contributed by atoms with Crippen molar-refractivity contribution in [2.45, 2.75) is 31.8 Å². The summed E-state index contributed by atoms with van der Waals surface area (Å²) in [5.74, 6) is -0.289. The van der Waals surface area contributed by atoms with Crippen LogP contribution in [-0.2, 0) is 11.2 Å². The minimum atomic E-state index is -0.989. The number of nitrogens with zero attached hydrogens (tertiary/aromatic N) is 1. The molecule has 0 radical (unpaired) electrons. The Morgan fingerprint density at radius 3 is 2.76 bits per heavy atom. The summed E-state index contributed by atoms with van der Waals surface area (Å²) in [6, 6.07) is 2.86. The van der Waals surface area contributed by atoms with Crippen molar-refractivity contribution in [2.75, 3.05) is 19.1 Å².